The van der Waals surface area contributed by atoms with Crippen LogP contribution in [0.5, 0.6) is 0 Å². The highest BCUT2D eigenvalue weighted by atomic mass is 35.5. The molecule has 4 nitrogen and oxygen atoms in total. The van der Waals surface area contributed by atoms with Crippen molar-refractivity contribution < 1.29 is 9.21 Å². The first-order valence-corrected chi connectivity index (χ1v) is 10.8. The number of rotatable bonds is 2. The highest BCUT2D eigenvalue weighted by Crippen LogP contribution is 2.43. The van der Waals surface area contributed by atoms with Crippen molar-refractivity contribution >= 4 is 45.4 Å². The quantitative estimate of drug-likeness (QED) is 0.499. The Bertz CT molecular complexity index is 1090. The van der Waals surface area contributed by atoms with Crippen molar-refractivity contribution in [2.45, 2.75) is 32.4 Å². The van der Waals surface area contributed by atoms with Gasteiger partial charge in [0.1, 0.15) is 16.5 Å². The van der Waals surface area contributed by atoms with Gasteiger partial charge < -0.3 is 15.1 Å². The Labute approximate surface area is 176 Å². The molecule has 3 aromatic rings. The Morgan fingerprint density at radius 2 is 2.04 bits per heavy atom. The lowest BCUT2D eigenvalue weighted by atomic mass is 9.88. The molecule has 0 saturated heterocycles. The van der Waals surface area contributed by atoms with Crippen LogP contribution in [0.15, 0.2) is 34.7 Å². The first-order valence-electron chi connectivity index (χ1n) is 9.26. The summed E-state index contributed by atoms with van der Waals surface area (Å²) in [5.74, 6) is 1.91. The van der Waals surface area contributed by atoms with Gasteiger partial charge in [-0.15, -0.1) is 11.3 Å². The minimum Gasteiger partial charge on any atom is -0.457 e. The van der Waals surface area contributed by atoms with E-state index in [0.29, 0.717) is 27.5 Å². The van der Waals surface area contributed by atoms with Gasteiger partial charge in [0, 0.05) is 15.5 Å². The van der Waals surface area contributed by atoms with E-state index >= 15 is 0 Å². The molecule has 1 aromatic carbocycles. The molecule has 0 radical (unpaired) electrons. The molecular formula is C21H18Cl2N2O2S. The van der Waals surface area contributed by atoms with Crippen molar-refractivity contribution in [2.24, 2.45) is 5.92 Å². The first-order chi connectivity index (χ1) is 13.5. The Balaban J connectivity index is 1.45. The molecule has 0 saturated carbocycles. The van der Waals surface area contributed by atoms with Crippen LogP contribution in [-0.2, 0) is 12.8 Å². The Hall–Kier alpha value is -1.95. The van der Waals surface area contributed by atoms with Gasteiger partial charge in [0.05, 0.1) is 10.6 Å². The first kappa shape index (κ1) is 18.1. The molecule has 7 heteroatoms. The minimum absolute atomic E-state index is 0.0340. The molecule has 1 aliphatic heterocycles. The lowest BCUT2D eigenvalue weighted by Crippen LogP contribution is -2.38. The maximum atomic E-state index is 12.8. The third kappa shape index (κ3) is 3.02. The summed E-state index contributed by atoms with van der Waals surface area (Å²) in [6.45, 7) is 2.27. The second-order valence-electron chi connectivity index (χ2n) is 7.43. The Morgan fingerprint density at radius 1 is 1.18 bits per heavy atom. The standard InChI is InChI=1S/C21H18Cl2N2O2S/c1-10-2-4-13-17(8-10)28-21-18(13)20(26)24-19(25-21)16-7-6-15(27-16)12-5-3-11(22)9-14(12)23/h3,5-7,9-10,19,25H,2,4,8H2,1H3,(H,24,26)/t10-,19-/m1/s1. The number of thiophene rings is 1. The molecule has 28 heavy (non-hydrogen) atoms. The van der Waals surface area contributed by atoms with Crippen LogP contribution in [0, 0.1) is 5.92 Å². The van der Waals surface area contributed by atoms with E-state index in [1.54, 1.807) is 23.5 Å². The number of furan rings is 1. The van der Waals surface area contributed by atoms with Crippen LogP contribution in [0.1, 0.15) is 46.1 Å². The number of benzene rings is 1. The molecule has 3 heterocycles. The van der Waals surface area contributed by atoms with Crippen LogP contribution in [0.2, 0.25) is 10.0 Å². The molecule has 0 bridgehead atoms. The molecule has 2 atom stereocenters. The zero-order chi connectivity index (χ0) is 19.4. The smallest absolute Gasteiger partial charge is 0.256 e. The average Bonchev–Trinajstić information content (AvgIpc) is 3.25. The predicted octanol–water partition coefficient (Wildman–Crippen LogP) is 6.29. The topological polar surface area (TPSA) is 54.3 Å². The molecule has 0 spiro atoms. The van der Waals surface area contributed by atoms with E-state index < -0.39 is 6.17 Å². The maximum Gasteiger partial charge on any atom is 0.256 e. The fraction of sp³-hybridized carbons (Fsp3) is 0.286. The normalized spacial score (nSPS) is 20.9. The van der Waals surface area contributed by atoms with Crippen LogP contribution >= 0.6 is 34.5 Å². The van der Waals surface area contributed by atoms with Crippen molar-refractivity contribution in [1.29, 1.82) is 0 Å². The average molecular weight is 433 g/mol. The number of carbonyl (C=O) groups is 1. The summed E-state index contributed by atoms with van der Waals surface area (Å²) >= 11 is 14.0. The van der Waals surface area contributed by atoms with Crippen LogP contribution in [-0.4, -0.2) is 5.91 Å². The molecule has 0 unspecified atom stereocenters. The van der Waals surface area contributed by atoms with Crippen molar-refractivity contribution in [2.75, 3.05) is 5.32 Å². The number of amides is 1. The van der Waals surface area contributed by atoms with Gasteiger partial charge in [-0.25, -0.2) is 0 Å². The number of fused-ring (bicyclic) bond motifs is 3. The monoisotopic (exact) mass is 432 g/mol. The van der Waals surface area contributed by atoms with Gasteiger partial charge in [-0.05, 0) is 61.1 Å². The van der Waals surface area contributed by atoms with Gasteiger partial charge in [0.15, 0.2) is 6.17 Å². The lowest BCUT2D eigenvalue weighted by Gasteiger charge is -2.25. The van der Waals surface area contributed by atoms with E-state index in [2.05, 4.69) is 17.6 Å². The molecule has 2 N–H and O–H groups in total. The third-order valence-corrected chi connectivity index (χ3v) is 7.13. The van der Waals surface area contributed by atoms with E-state index in [9.17, 15) is 4.79 Å². The summed E-state index contributed by atoms with van der Waals surface area (Å²) in [7, 11) is 0. The minimum atomic E-state index is -0.405. The van der Waals surface area contributed by atoms with Gasteiger partial charge in [-0.3, -0.25) is 4.79 Å². The zero-order valence-corrected chi connectivity index (χ0v) is 17.5. The lowest BCUT2D eigenvalue weighted by molar-refractivity contribution is 0.0930. The van der Waals surface area contributed by atoms with E-state index in [4.69, 9.17) is 27.6 Å². The number of halogens is 2. The van der Waals surface area contributed by atoms with Crippen molar-refractivity contribution in [3.05, 3.63) is 62.1 Å². The maximum absolute atomic E-state index is 12.8. The van der Waals surface area contributed by atoms with E-state index in [1.165, 1.54) is 10.4 Å². The molecule has 1 amide bonds. The summed E-state index contributed by atoms with van der Waals surface area (Å²) in [6.07, 6.45) is 2.75. The second-order valence-corrected chi connectivity index (χ2v) is 9.38. The summed E-state index contributed by atoms with van der Waals surface area (Å²) in [5, 5.41) is 8.52. The number of carbonyl (C=O) groups excluding carboxylic acids is 1. The molecule has 144 valence electrons. The predicted molar refractivity (Wildman–Crippen MR) is 114 cm³/mol. The second kappa shape index (κ2) is 6.83. The van der Waals surface area contributed by atoms with Crippen LogP contribution in [0.3, 0.4) is 0 Å². The number of anilines is 1. The summed E-state index contributed by atoms with van der Waals surface area (Å²) in [6, 6.07) is 9.00. The Kier molecular flexibility index (Phi) is 4.42. The highest BCUT2D eigenvalue weighted by Gasteiger charge is 2.34. The SMILES string of the molecule is C[C@@H]1CCc2c(sc3c2C(=O)N[C@@H](c2ccc(-c4ccc(Cl)cc4Cl)o2)N3)C1. The zero-order valence-electron chi connectivity index (χ0n) is 15.1. The molecule has 5 rings (SSSR count). The largest absolute Gasteiger partial charge is 0.457 e. The number of hydrogen-bond donors (Lipinski definition) is 2. The van der Waals surface area contributed by atoms with E-state index in [0.717, 1.165) is 35.4 Å². The fourth-order valence-corrected chi connectivity index (χ4v) is 5.89. The van der Waals surface area contributed by atoms with E-state index in [1.807, 2.05) is 18.2 Å². The van der Waals surface area contributed by atoms with E-state index in [-0.39, 0.29) is 5.91 Å². The van der Waals surface area contributed by atoms with Crippen molar-refractivity contribution in [3.63, 3.8) is 0 Å². The molecule has 1 aliphatic carbocycles. The molecule has 2 aliphatic rings. The van der Waals surface area contributed by atoms with Gasteiger partial charge in [-0.2, -0.15) is 0 Å². The number of nitrogens with one attached hydrogen (secondary N) is 2. The third-order valence-electron chi connectivity index (χ3n) is 5.40. The molecular weight excluding hydrogens is 415 g/mol. The van der Waals surface area contributed by atoms with Crippen LogP contribution in [0.4, 0.5) is 5.00 Å². The van der Waals surface area contributed by atoms with Gasteiger partial charge in [-0.1, -0.05) is 30.1 Å². The van der Waals surface area contributed by atoms with Gasteiger partial charge >= 0.3 is 0 Å². The van der Waals surface area contributed by atoms with Crippen LogP contribution < -0.4 is 10.6 Å². The Morgan fingerprint density at radius 3 is 2.86 bits per heavy atom. The van der Waals surface area contributed by atoms with Crippen molar-refractivity contribution in [3.8, 4) is 11.3 Å². The number of hydrogen-bond acceptors (Lipinski definition) is 4. The van der Waals surface area contributed by atoms with Gasteiger partial charge in [0.25, 0.3) is 5.91 Å². The fourth-order valence-electron chi connectivity index (χ4n) is 3.95. The van der Waals surface area contributed by atoms with Crippen molar-refractivity contribution in [1.82, 2.24) is 5.32 Å². The highest BCUT2D eigenvalue weighted by molar-refractivity contribution is 7.16. The van der Waals surface area contributed by atoms with Crippen LogP contribution in [0.25, 0.3) is 11.3 Å². The molecule has 0 fully saturated rings. The summed E-state index contributed by atoms with van der Waals surface area (Å²) < 4.78 is 6.01. The van der Waals surface area contributed by atoms with Gasteiger partial charge in [0.2, 0.25) is 0 Å². The summed E-state index contributed by atoms with van der Waals surface area (Å²) in [5.41, 5.74) is 2.80. The molecule has 2 aromatic heterocycles. The summed E-state index contributed by atoms with van der Waals surface area (Å²) in [4.78, 5) is 14.2.